The summed E-state index contributed by atoms with van der Waals surface area (Å²) in [4.78, 5) is 45.8. The van der Waals surface area contributed by atoms with Gasteiger partial charge in [0.25, 0.3) is 0 Å². The standard InChI is InChI=1S/C35H26FNO4/c1-20-10-12-21(13-11-20)32(38)31-30(23-6-5-7-25(19-23)41-2)35(33(39)26-8-3-4-9-27(26)34(35)40)29-17-14-22-18-24(36)15-16-28(22)37(29)31/h3-19,29-31H,1-2H3/t29-,30-,31+/m0/s1. The summed E-state index contributed by atoms with van der Waals surface area (Å²) < 4.78 is 19.9. The van der Waals surface area contributed by atoms with E-state index in [0.29, 0.717) is 39.3 Å². The minimum atomic E-state index is -1.62. The Balaban J connectivity index is 1.55. The van der Waals surface area contributed by atoms with Crippen molar-refractivity contribution in [2.24, 2.45) is 5.41 Å². The molecule has 3 atom stereocenters. The van der Waals surface area contributed by atoms with Gasteiger partial charge in [0.1, 0.15) is 23.0 Å². The first kappa shape index (κ1) is 25.1. The molecule has 0 unspecified atom stereocenters. The van der Waals surface area contributed by atoms with Crippen molar-refractivity contribution in [2.75, 3.05) is 12.0 Å². The zero-order valence-corrected chi connectivity index (χ0v) is 22.5. The highest BCUT2D eigenvalue weighted by Gasteiger charge is 2.71. The van der Waals surface area contributed by atoms with Crippen LogP contribution in [0.1, 0.15) is 53.7 Å². The number of aryl methyl sites for hydroxylation is 1. The number of benzene rings is 4. The molecule has 41 heavy (non-hydrogen) atoms. The Morgan fingerprint density at radius 3 is 2.27 bits per heavy atom. The predicted molar refractivity (Wildman–Crippen MR) is 154 cm³/mol. The summed E-state index contributed by atoms with van der Waals surface area (Å²) in [6.45, 7) is 1.95. The number of halogens is 1. The average molecular weight is 544 g/mol. The summed E-state index contributed by atoms with van der Waals surface area (Å²) >= 11 is 0. The second kappa shape index (κ2) is 9.10. The molecule has 0 bridgehead atoms. The fourth-order valence-corrected chi connectivity index (χ4v) is 7.04. The van der Waals surface area contributed by atoms with Gasteiger partial charge in [0.2, 0.25) is 0 Å². The highest BCUT2D eigenvalue weighted by molar-refractivity contribution is 6.32. The summed E-state index contributed by atoms with van der Waals surface area (Å²) in [5.74, 6) is -1.55. The van der Waals surface area contributed by atoms with E-state index in [9.17, 15) is 18.8 Å². The molecule has 1 spiro atoms. The highest BCUT2D eigenvalue weighted by Crippen LogP contribution is 2.61. The molecule has 1 saturated heterocycles. The number of Topliss-reactive ketones (excluding diaryl/α,β-unsaturated/α-hetero) is 3. The largest absolute Gasteiger partial charge is 0.497 e. The zero-order chi connectivity index (χ0) is 28.5. The quantitative estimate of drug-likeness (QED) is 0.218. The van der Waals surface area contributed by atoms with E-state index in [-0.39, 0.29) is 17.3 Å². The van der Waals surface area contributed by atoms with Crippen molar-refractivity contribution in [1.29, 1.82) is 0 Å². The monoisotopic (exact) mass is 543 g/mol. The molecule has 6 heteroatoms. The first-order valence-corrected chi connectivity index (χ1v) is 13.6. The first-order chi connectivity index (χ1) is 19.9. The number of hydrogen-bond acceptors (Lipinski definition) is 5. The number of anilines is 1. The summed E-state index contributed by atoms with van der Waals surface area (Å²) in [5.41, 5.74) is 2.40. The molecule has 4 aromatic carbocycles. The summed E-state index contributed by atoms with van der Waals surface area (Å²) in [6.07, 6.45) is 3.55. The predicted octanol–water partition coefficient (Wildman–Crippen LogP) is 6.46. The van der Waals surface area contributed by atoms with Gasteiger partial charge >= 0.3 is 0 Å². The van der Waals surface area contributed by atoms with Crippen LogP contribution in [0.5, 0.6) is 5.75 Å². The van der Waals surface area contributed by atoms with Crippen LogP contribution in [-0.4, -0.2) is 36.5 Å². The van der Waals surface area contributed by atoms with E-state index >= 15 is 0 Å². The van der Waals surface area contributed by atoms with Gasteiger partial charge in [-0.15, -0.1) is 0 Å². The minimum absolute atomic E-state index is 0.221. The normalized spacial score (nSPS) is 21.5. The molecular weight excluding hydrogens is 517 g/mol. The number of fused-ring (bicyclic) bond motifs is 5. The number of rotatable bonds is 4. The molecule has 202 valence electrons. The summed E-state index contributed by atoms with van der Waals surface area (Å²) in [5, 5.41) is 0. The van der Waals surface area contributed by atoms with Gasteiger partial charge in [-0.3, -0.25) is 14.4 Å². The van der Waals surface area contributed by atoms with Gasteiger partial charge < -0.3 is 9.64 Å². The highest BCUT2D eigenvalue weighted by atomic mass is 19.1. The van der Waals surface area contributed by atoms with Crippen molar-refractivity contribution in [1.82, 2.24) is 0 Å². The zero-order valence-electron chi connectivity index (χ0n) is 22.5. The van der Waals surface area contributed by atoms with Gasteiger partial charge in [-0.2, -0.15) is 0 Å². The number of ether oxygens (including phenoxy) is 1. The number of carbonyl (C=O) groups excluding carboxylic acids is 3. The second-order valence-electron chi connectivity index (χ2n) is 10.9. The van der Waals surface area contributed by atoms with Crippen LogP contribution in [-0.2, 0) is 0 Å². The Labute approximate surface area is 236 Å². The molecule has 0 saturated carbocycles. The van der Waals surface area contributed by atoms with Crippen molar-refractivity contribution in [3.8, 4) is 5.75 Å². The van der Waals surface area contributed by atoms with Crippen LogP contribution >= 0.6 is 0 Å². The molecule has 2 heterocycles. The summed E-state index contributed by atoms with van der Waals surface area (Å²) in [6, 6.07) is 24.1. The number of carbonyl (C=O) groups is 3. The molecule has 2 aliphatic heterocycles. The fraction of sp³-hybridized carbons (Fsp3) is 0.171. The van der Waals surface area contributed by atoms with Crippen LogP contribution in [0.4, 0.5) is 10.1 Å². The maximum Gasteiger partial charge on any atom is 0.185 e. The Morgan fingerprint density at radius 1 is 0.878 bits per heavy atom. The fourth-order valence-electron chi connectivity index (χ4n) is 7.04. The van der Waals surface area contributed by atoms with Gasteiger partial charge in [-0.05, 0) is 42.8 Å². The van der Waals surface area contributed by atoms with E-state index in [2.05, 4.69) is 0 Å². The Kier molecular flexibility index (Phi) is 5.58. The molecule has 7 rings (SSSR count). The van der Waals surface area contributed by atoms with Crippen molar-refractivity contribution < 1.29 is 23.5 Å². The Bertz CT molecular complexity index is 1760. The molecule has 0 N–H and O–H groups in total. The third-order valence-electron chi connectivity index (χ3n) is 8.82. The van der Waals surface area contributed by atoms with Gasteiger partial charge in [0.15, 0.2) is 17.3 Å². The van der Waals surface area contributed by atoms with Crippen LogP contribution in [0.2, 0.25) is 0 Å². The van der Waals surface area contributed by atoms with E-state index in [1.54, 1.807) is 73.9 Å². The van der Waals surface area contributed by atoms with Crippen molar-refractivity contribution >= 4 is 29.1 Å². The van der Waals surface area contributed by atoms with Crippen molar-refractivity contribution in [2.45, 2.75) is 24.9 Å². The van der Waals surface area contributed by atoms with E-state index in [1.807, 2.05) is 36.1 Å². The van der Waals surface area contributed by atoms with Gasteiger partial charge in [-0.25, -0.2) is 4.39 Å². The van der Waals surface area contributed by atoms with Crippen LogP contribution in [0, 0.1) is 18.2 Å². The number of nitrogens with zero attached hydrogens (tertiary/aromatic N) is 1. The van der Waals surface area contributed by atoms with E-state index in [4.69, 9.17) is 4.74 Å². The van der Waals surface area contributed by atoms with E-state index in [0.717, 1.165) is 5.56 Å². The summed E-state index contributed by atoms with van der Waals surface area (Å²) in [7, 11) is 1.55. The second-order valence-corrected chi connectivity index (χ2v) is 10.9. The molecule has 0 aromatic heterocycles. The molecule has 1 fully saturated rings. The van der Waals surface area contributed by atoms with Crippen molar-refractivity contribution in [3.05, 3.63) is 136 Å². The van der Waals surface area contributed by atoms with Crippen molar-refractivity contribution in [3.63, 3.8) is 0 Å². The van der Waals surface area contributed by atoms with Crippen LogP contribution in [0.3, 0.4) is 0 Å². The maximum atomic E-state index is 14.7. The third kappa shape index (κ3) is 3.43. The maximum absolute atomic E-state index is 14.7. The first-order valence-electron chi connectivity index (χ1n) is 13.6. The molecule has 5 nitrogen and oxygen atoms in total. The lowest BCUT2D eigenvalue weighted by Gasteiger charge is -2.37. The van der Waals surface area contributed by atoms with E-state index in [1.165, 1.54) is 12.1 Å². The minimum Gasteiger partial charge on any atom is -0.497 e. The van der Waals surface area contributed by atoms with E-state index < -0.39 is 29.2 Å². The third-order valence-corrected chi connectivity index (χ3v) is 8.82. The Morgan fingerprint density at radius 2 is 1.59 bits per heavy atom. The molecule has 0 radical (unpaired) electrons. The van der Waals surface area contributed by atoms with Gasteiger partial charge in [0.05, 0.1) is 13.2 Å². The number of methoxy groups -OCH3 is 1. The van der Waals surface area contributed by atoms with Crippen LogP contribution < -0.4 is 9.64 Å². The lowest BCUT2D eigenvalue weighted by Crippen LogP contribution is -2.48. The molecule has 0 amide bonds. The lowest BCUT2D eigenvalue weighted by atomic mass is 9.64. The average Bonchev–Trinajstić information content (AvgIpc) is 3.43. The molecule has 3 aliphatic rings. The van der Waals surface area contributed by atoms with Gasteiger partial charge in [0, 0.05) is 33.9 Å². The van der Waals surface area contributed by atoms with Crippen LogP contribution in [0.15, 0.2) is 97.1 Å². The van der Waals surface area contributed by atoms with Crippen LogP contribution in [0.25, 0.3) is 6.08 Å². The molecular formula is C35H26FNO4. The lowest BCUT2D eigenvalue weighted by molar-refractivity contribution is 0.0665. The topological polar surface area (TPSA) is 63.7 Å². The number of ketones is 3. The molecule has 4 aromatic rings. The van der Waals surface area contributed by atoms with Gasteiger partial charge in [-0.1, -0.05) is 78.4 Å². The molecule has 1 aliphatic carbocycles. The Hall–Kier alpha value is -4.84. The number of hydrogen-bond donors (Lipinski definition) is 0. The SMILES string of the molecule is COc1cccc([C@H]2[C@H](C(=O)c3ccc(C)cc3)N3c4ccc(F)cc4C=C[C@H]3C23C(=O)c2ccccc2C3=O)c1. The smallest absolute Gasteiger partial charge is 0.185 e.